The number of benzene rings is 2. The van der Waals surface area contributed by atoms with E-state index in [-0.39, 0.29) is 16.7 Å². The third-order valence-corrected chi connectivity index (χ3v) is 7.33. The van der Waals surface area contributed by atoms with Gasteiger partial charge in [-0.1, -0.05) is 37.6 Å². The number of hydrogen-bond donors (Lipinski definition) is 1. The lowest BCUT2D eigenvalue weighted by Crippen LogP contribution is -2.37. The second-order valence-electron chi connectivity index (χ2n) is 6.92. The summed E-state index contributed by atoms with van der Waals surface area (Å²) < 4.78 is 32.2. The number of halogens is 1. The molecule has 0 aromatic heterocycles. The Balaban J connectivity index is 1.60. The van der Waals surface area contributed by atoms with Gasteiger partial charge in [0.25, 0.3) is 0 Å². The first-order valence-corrected chi connectivity index (χ1v) is 11.4. The number of nitrogens with one attached hydrogen (secondary N) is 1. The Hall–Kier alpha value is -2.09. The second-order valence-corrected chi connectivity index (χ2v) is 9.29. The van der Waals surface area contributed by atoms with Gasteiger partial charge in [-0.05, 0) is 47.9 Å². The molecule has 6 nitrogen and oxygen atoms in total. The minimum absolute atomic E-state index is 0.101. The van der Waals surface area contributed by atoms with E-state index in [0.717, 1.165) is 16.9 Å². The van der Waals surface area contributed by atoms with E-state index >= 15 is 0 Å². The van der Waals surface area contributed by atoms with Gasteiger partial charge in [0.05, 0.1) is 10.8 Å². The van der Waals surface area contributed by atoms with E-state index in [9.17, 15) is 13.2 Å². The molecule has 1 aliphatic rings. The molecule has 0 fully saturated rings. The molecule has 0 radical (unpaired) electrons. The highest BCUT2D eigenvalue weighted by atomic mass is 35.5. The summed E-state index contributed by atoms with van der Waals surface area (Å²) in [4.78, 5) is 12.8. The standard InChI is InChI=1S/C21H25ClN2O4S/c1-3-24(4-2)29(26,27)19-8-5-15(6-9-19)13-23-21(25)17-11-16-12-18(22)7-10-20(16)28-14-17/h5-10,12,17H,3-4,11,13-14H2,1-2H3,(H,23,25). The quantitative estimate of drug-likeness (QED) is 0.722. The van der Waals surface area contributed by atoms with Crippen molar-refractivity contribution in [3.05, 3.63) is 58.6 Å². The van der Waals surface area contributed by atoms with Gasteiger partial charge in [-0.25, -0.2) is 8.42 Å². The van der Waals surface area contributed by atoms with Crippen LogP contribution in [0.15, 0.2) is 47.4 Å². The largest absolute Gasteiger partial charge is 0.492 e. The first kappa shape index (κ1) is 21.6. The number of rotatable bonds is 7. The van der Waals surface area contributed by atoms with Gasteiger partial charge in [-0.15, -0.1) is 0 Å². The Kier molecular flexibility index (Phi) is 6.82. The summed E-state index contributed by atoms with van der Waals surface area (Å²) in [5.41, 5.74) is 1.76. The molecule has 156 valence electrons. The molecule has 0 bridgehead atoms. The summed E-state index contributed by atoms with van der Waals surface area (Å²) in [5, 5.41) is 3.52. The van der Waals surface area contributed by atoms with Crippen LogP contribution in [-0.4, -0.2) is 38.3 Å². The molecule has 1 aliphatic heterocycles. The van der Waals surface area contributed by atoms with E-state index in [1.807, 2.05) is 26.0 Å². The third kappa shape index (κ3) is 4.91. The first-order chi connectivity index (χ1) is 13.8. The summed E-state index contributed by atoms with van der Waals surface area (Å²) in [7, 11) is -3.48. The summed E-state index contributed by atoms with van der Waals surface area (Å²) in [6.07, 6.45) is 0.572. The molecule has 0 spiro atoms. The zero-order valence-electron chi connectivity index (χ0n) is 16.5. The number of amides is 1. The molecule has 29 heavy (non-hydrogen) atoms. The van der Waals surface area contributed by atoms with Crippen molar-refractivity contribution in [1.29, 1.82) is 0 Å². The summed E-state index contributed by atoms with van der Waals surface area (Å²) in [6.45, 7) is 5.12. The van der Waals surface area contributed by atoms with E-state index in [1.54, 1.807) is 30.3 Å². The summed E-state index contributed by atoms with van der Waals surface area (Å²) in [6, 6.07) is 12.0. The van der Waals surface area contributed by atoms with Crippen molar-refractivity contribution in [2.45, 2.75) is 31.7 Å². The monoisotopic (exact) mass is 436 g/mol. The molecule has 3 rings (SSSR count). The molecular weight excluding hydrogens is 412 g/mol. The van der Waals surface area contributed by atoms with E-state index in [0.29, 0.717) is 37.7 Å². The fourth-order valence-corrected chi connectivity index (χ4v) is 5.01. The Bertz CT molecular complexity index is 973. The minimum Gasteiger partial charge on any atom is -0.492 e. The van der Waals surface area contributed by atoms with Crippen LogP contribution in [0.1, 0.15) is 25.0 Å². The molecular formula is C21H25ClN2O4S. The van der Waals surface area contributed by atoms with Crippen molar-refractivity contribution in [2.24, 2.45) is 5.92 Å². The van der Waals surface area contributed by atoms with E-state index in [4.69, 9.17) is 16.3 Å². The van der Waals surface area contributed by atoms with Crippen LogP contribution in [-0.2, 0) is 27.8 Å². The molecule has 1 atom stereocenters. The zero-order chi connectivity index (χ0) is 21.0. The van der Waals surface area contributed by atoms with Crippen LogP contribution in [0.3, 0.4) is 0 Å². The second kappa shape index (κ2) is 9.15. The van der Waals surface area contributed by atoms with Crippen LogP contribution in [0.25, 0.3) is 0 Å². The van der Waals surface area contributed by atoms with E-state index in [1.165, 1.54) is 4.31 Å². The highest BCUT2D eigenvalue weighted by Crippen LogP contribution is 2.29. The fourth-order valence-electron chi connectivity index (χ4n) is 3.36. The maximum absolute atomic E-state index is 12.5. The van der Waals surface area contributed by atoms with Gasteiger partial charge >= 0.3 is 0 Å². The van der Waals surface area contributed by atoms with Crippen molar-refractivity contribution in [2.75, 3.05) is 19.7 Å². The fraction of sp³-hybridized carbons (Fsp3) is 0.381. The van der Waals surface area contributed by atoms with Gasteiger partial charge in [0.1, 0.15) is 12.4 Å². The SMILES string of the molecule is CCN(CC)S(=O)(=O)c1ccc(CNC(=O)C2COc3ccc(Cl)cc3C2)cc1. The van der Waals surface area contributed by atoms with Crippen LogP contribution in [0.5, 0.6) is 5.75 Å². The van der Waals surface area contributed by atoms with Crippen molar-refractivity contribution in [3.8, 4) is 5.75 Å². The Morgan fingerprint density at radius 2 is 1.86 bits per heavy atom. The molecule has 1 amide bonds. The van der Waals surface area contributed by atoms with Gasteiger partial charge in [0, 0.05) is 24.7 Å². The molecule has 0 aliphatic carbocycles. The van der Waals surface area contributed by atoms with Crippen LogP contribution in [0.2, 0.25) is 5.02 Å². The zero-order valence-corrected chi connectivity index (χ0v) is 18.1. The van der Waals surface area contributed by atoms with Crippen LogP contribution in [0.4, 0.5) is 0 Å². The predicted molar refractivity (Wildman–Crippen MR) is 113 cm³/mol. The molecule has 1 N–H and O–H groups in total. The van der Waals surface area contributed by atoms with Gasteiger partial charge in [0.2, 0.25) is 15.9 Å². The van der Waals surface area contributed by atoms with Crippen molar-refractivity contribution < 1.29 is 17.9 Å². The molecule has 1 heterocycles. The number of hydrogen-bond acceptors (Lipinski definition) is 4. The summed E-state index contributed by atoms with van der Waals surface area (Å²) >= 11 is 6.03. The van der Waals surface area contributed by atoms with E-state index in [2.05, 4.69) is 5.32 Å². The number of nitrogens with zero attached hydrogens (tertiary/aromatic N) is 1. The van der Waals surface area contributed by atoms with Crippen molar-refractivity contribution >= 4 is 27.5 Å². The van der Waals surface area contributed by atoms with Crippen molar-refractivity contribution in [1.82, 2.24) is 9.62 Å². The number of carbonyl (C=O) groups is 1. The molecule has 0 saturated heterocycles. The molecule has 0 saturated carbocycles. The Morgan fingerprint density at radius 1 is 1.17 bits per heavy atom. The van der Waals surface area contributed by atoms with Crippen LogP contribution in [0, 0.1) is 5.92 Å². The van der Waals surface area contributed by atoms with Gasteiger partial charge in [-0.3, -0.25) is 4.79 Å². The highest BCUT2D eigenvalue weighted by Gasteiger charge is 2.26. The lowest BCUT2D eigenvalue weighted by atomic mass is 9.96. The van der Waals surface area contributed by atoms with Gasteiger partial charge < -0.3 is 10.1 Å². The number of fused-ring (bicyclic) bond motifs is 1. The molecule has 1 unspecified atom stereocenters. The minimum atomic E-state index is -3.48. The van der Waals surface area contributed by atoms with Crippen molar-refractivity contribution in [3.63, 3.8) is 0 Å². The number of carbonyl (C=O) groups excluding carboxylic acids is 1. The average molecular weight is 437 g/mol. The van der Waals surface area contributed by atoms with Crippen LogP contribution >= 0.6 is 11.6 Å². The maximum Gasteiger partial charge on any atom is 0.243 e. The van der Waals surface area contributed by atoms with Gasteiger partial charge in [-0.2, -0.15) is 4.31 Å². The lowest BCUT2D eigenvalue weighted by molar-refractivity contribution is -0.126. The average Bonchev–Trinajstić information content (AvgIpc) is 2.72. The van der Waals surface area contributed by atoms with Gasteiger partial charge in [0.15, 0.2) is 0 Å². The highest BCUT2D eigenvalue weighted by molar-refractivity contribution is 7.89. The Morgan fingerprint density at radius 3 is 2.52 bits per heavy atom. The van der Waals surface area contributed by atoms with Crippen LogP contribution < -0.4 is 10.1 Å². The normalized spacial score (nSPS) is 16.2. The number of sulfonamides is 1. The Labute approximate surface area is 176 Å². The third-order valence-electron chi connectivity index (χ3n) is 5.03. The smallest absolute Gasteiger partial charge is 0.243 e. The maximum atomic E-state index is 12.5. The lowest BCUT2D eigenvalue weighted by Gasteiger charge is -2.24. The predicted octanol–water partition coefficient (Wildman–Crippen LogP) is 3.24. The number of ether oxygens (including phenoxy) is 1. The van der Waals surface area contributed by atoms with E-state index < -0.39 is 10.0 Å². The molecule has 8 heteroatoms. The molecule has 2 aromatic rings. The topological polar surface area (TPSA) is 75.7 Å². The first-order valence-electron chi connectivity index (χ1n) is 9.63. The molecule has 2 aromatic carbocycles. The summed E-state index contributed by atoms with van der Waals surface area (Å²) in [5.74, 6) is 0.377.